The van der Waals surface area contributed by atoms with Crippen LogP contribution in [0, 0.1) is 6.92 Å². The number of nitrogens with zero attached hydrogens (tertiary/aromatic N) is 1. The minimum Gasteiger partial charge on any atom is -0.508 e. The average molecular weight is 418 g/mol. The number of nitrogens with one attached hydrogen (secondary N) is 1. The van der Waals surface area contributed by atoms with Crippen molar-refractivity contribution in [1.29, 1.82) is 0 Å². The molecule has 0 aliphatic rings. The van der Waals surface area contributed by atoms with Crippen molar-refractivity contribution in [3.63, 3.8) is 0 Å². The van der Waals surface area contributed by atoms with Crippen LogP contribution >= 0.6 is 0 Å². The highest BCUT2D eigenvalue weighted by Crippen LogP contribution is 2.29. The first-order chi connectivity index (χ1) is 15.0. The molecule has 6 nitrogen and oxygen atoms in total. The Morgan fingerprint density at radius 3 is 2.39 bits per heavy atom. The van der Waals surface area contributed by atoms with Crippen molar-refractivity contribution in [2.45, 2.75) is 26.9 Å². The molecule has 0 bridgehead atoms. The van der Waals surface area contributed by atoms with Crippen molar-refractivity contribution in [3.8, 4) is 17.2 Å². The van der Waals surface area contributed by atoms with Crippen LogP contribution in [0.1, 0.15) is 29.2 Å². The highest BCUT2D eigenvalue weighted by atomic mass is 16.5. The number of benzene rings is 3. The molecule has 0 radical (unpaired) electrons. The predicted molar refractivity (Wildman–Crippen MR) is 121 cm³/mol. The topological polar surface area (TPSA) is 80.2 Å². The highest BCUT2D eigenvalue weighted by Gasteiger charge is 2.07. The van der Waals surface area contributed by atoms with E-state index in [1.807, 2.05) is 44.2 Å². The molecule has 0 atom stereocenters. The first-order valence-electron chi connectivity index (χ1n) is 10.1. The van der Waals surface area contributed by atoms with Crippen molar-refractivity contribution in [2.75, 3.05) is 6.61 Å². The van der Waals surface area contributed by atoms with E-state index in [9.17, 15) is 9.90 Å². The second-order valence-corrected chi connectivity index (χ2v) is 7.05. The van der Waals surface area contributed by atoms with Crippen LogP contribution in [0.4, 0.5) is 0 Å². The lowest BCUT2D eigenvalue weighted by atomic mass is 10.1. The molecule has 31 heavy (non-hydrogen) atoms. The lowest BCUT2D eigenvalue weighted by molar-refractivity contribution is -0.120. The summed E-state index contributed by atoms with van der Waals surface area (Å²) in [6, 6.07) is 20.2. The molecule has 0 aromatic heterocycles. The van der Waals surface area contributed by atoms with Crippen LogP contribution < -0.4 is 14.9 Å². The van der Waals surface area contributed by atoms with Gasteiger partial charge in [0.2, 0.25) is 5.91 Å². The van der Waals surface area contributed by atoms with Crippen LogP contribution in [0.3, 0.4) is 0 Å². The number of aryl methyl sites for hydroxylation is 1. The van der Waals surface area contributed by atoms with E-state index in [1.54, 1.807) is 30.5 Å². The van der Waals surface area contributed by atoms with Gasteiger partial charge in [0, 0.05) is 0 Å². The Morgan fingerprint density at radius 1 is 0.968 bits per heavy atom. The van der Waals surface area contributed by atoms with Gasteiger partial charge < -0.3 is 14.6 Å². The van der Waals surface area contributed by atoms with Crippen LogP contribution in [-0.4, -0.2) is 23.8 Å². The van der Waals surface area contributed by atoms with Crippen LogP contribution in [0.15, 0.2) is 71.8 Å². The molecule has 0 unspecified atom stereocenters. The van der Waals surface area contributed by atoms with E-state index in [0.29, 0.717) is 24.7 Å². The van der Waals surface area contributed by atoms with Gasteiger partial charge in [0.15, 0.2) is 11.5 Å². The Kier molecular flexibility index (Phi) is 7.65. The quantitative estimate of drug-likeness (QED) is 0.399. The molecule has 0 saturated heterocycles. The molecule has 0 aliphatic carbocycles. The minimum absolute atomic E-state index is 0.165. The first kappa shape index (κ1) is 21.9. The third-order valence-electron chi connectivity index (χ3n) is 4.49. The van der Waals surface area contributed by atoms with Crippen molar-refractivity contribution in [3.05, 3.63) is 89.0 Å². The lowest BCUT2D eigenvalue weighted by Crippen LogP contribution is -2.19. The Balaban J connectivity index is 1.59. The SMILES string of the molecule is CCOc1cc(/C=N\NC(=O)Cc2ccc(O)cc2)ccc1OCc1ccc(C)cc1. The summed E-state index contributed by atoms with van der Waals surface area (Å²) in [5.74, 6) is 1.19. The molecular formula is C25H26N2O4. The number of phenolic OH excluding ortho intramolecular Hbond substituents is 1. The third kappa shape index (κ3) is 6.89. The van der Waals surface area contributed by atoms with E-state index >= 15 is 0 Å². The Bertz CT molecular complexity index is 1030. The summed E-state index contributed by atoms with van der Waals surface area (Å²) >= 11 is 0. The maximum absolute atomic E-state index is 12.0. The Morgan fingerprint density at radius 2 is 1.68 bits per heavy atom. The zero-order chi connectivity index (χ0) is 22.1. The summed E-state index contributed by atoms with van der Waals surface area (Å²) < 4.78 is 11.6. The van der Waals surface area contributed by atoms with E-state index in [4.69, 9.17) is 9.47 Å². The molecule has 1 amide bonds. The normalized spacial score (nSPS) is 10.8. The molecule has 160 valence electrons. The molecule has 6 heteroatoms. The fourth-order valence-electron chi connectivity index (χ4n) is 2.86. The zero-order valence-corrected chi connectivity index (χ0v) is 17.7. The number of hydrazone groups is 1. The summed E-state index contributed by atoms with van der Waals surface area (Å²) in [6.07, 6.45) is 1.73. The molecule has 0 heterocycles. The van der Waals surface area contributed by atoms with Gasteiger partial charge in [-0.2, -0.15) is 5.10 Å². The monoisotopic (exact) mass is 418 g/mol. The van der Waals surface area contributed by atoms with Gasteiger partial charge in [-0.1, -0.05) is 42.0 Å². The van der Waals surface area contributed by atoms with Crippen LogP contribution in [-0.2, 0) is 17.8 Å². The van der Waals surface area contributed by atoms with E-state index in [-0.39, 0.29) is 18.1 Å². The van der Waals surface area contributed by atoms with Crippen LogP contribution in [0.25, 0.3) is 0 Å². The number of hydrogen-bond acceptors (Lipinski definition) is 5. The average Bonchev–Trinajstić information content (AvgIpc) is 2.76. The number of aromatic hydroxyl groups is 1. The number of rotatable bonds is 9. The van der Waals surface area contributed by atoms with Gasteiger partial charge in [0.05, 0.1) is 19.2 Å². The standard InChI is InChI=1S/C25H26N2O4/c1-3-30-24-14-21(10-13-23(24)31-17-20-6-4-18(2)5-7-20)16-26-27-25(29)15-19-8-11-22(28)12-9-19/h4-14,16,28H,3,15,17H2,1-2H3,(H,27,29)/b26-16-. The van der Waals surface area contributed by atoms with Gasteiger partial charge in [-0.05, 0) is 60.9 Å². The summed E-state index contributed by atoms with van der Waals surface area (Å²) in [4.78, 5) is 12.0. The number of carbonyl (C=O) groups is 1. The van der Waals surface area contributed by atoms with Crippen LogP contribution in [0.2, 0.25) is 0 Å². The van der Waals surface area contributed by atoms with Gasteiger partial charge in [0.1, 0.15) is 12.4 Å². The lowest BCUT2D eigenvalue weighted by Gasteiger charge is -2.12. The van der Waals surface area contributed by atoms with Gasteiger partial charge in [-0.25, -0.2) is 5.43 Å². The van der Waals surface area contributed by atoms with E-state index in [0.717, 1.165) is 16.7 Å². The summed E-state index contributed by atoms with van der Waals surface area (Å²) in [6.45, 7) is 4.91. The van der Waals surface area contributed by atoms with Crippen LogP contribution in [0.5, 0.6) is 17.2 Å². The maximum Gasteiger partial charge on any atom is 0.244 e. The smallest absolute Gasteiger partial charge is 0.244 e. The number of carbonyl (C=O) groups excluding carboxylic acids is 1. The molecule has 0 saturated carbocycles. The Hall–Kier alpha value is -3.80. The van der Waals surface area contributed by atoms with Gasteiger partial charge in [-0.15, -0.1) is 0 Å². The van der Waals surface area contributed by atoms with Crippen molar-refractivity contribution in [1.82, 2.24) is 5.43 Å². The van der Waals surface area contributed by atoms with E-state index < -0.39 is 0 Å². The molecule has 0 spiro atoms. The summed E-state index contributed by atoms with van der Waals surface area (Å²) in [7, 11) is 0. The molecular weight excluding hydrogens is 392 g/mol. The second kappa shape index (κ2) is 10.8. The second-order valence-electron chi connectivity index (χ2n) is 7.05. The molecule has 0 fully saturated rings. The van der Waals surface area contributed by atoms with E-state index in [1.165, 1.54) is 5.56 Å². The van der Waals surface area contributed by atoms with Crippen molar-refractivity contribution in [2.24, 2.45) is 5.10 Å². The summed E-state index contributed by atoms with van der Waals surface area (Å²) in [5.41, 5.74) is 6.36. The van der Waals surface area contributed by atoms with Gasteiger partial charge in [0.25, 0.3) is 0 Å². The fraction of sp³-hybridized carbons (Fsp3) is 0.200. The van der Waals surface area contributed by atoms with E-state index in [2.05, 4.69) is 22.7 Å². The molecule has 3 aromatic rings. The molecule has 0 aliphatic heterocycles. The van der Waals surface area contributed by atoms with Gasteiger partial charge >= 0.3 is 0 Å². The molecule has 2 N–H and O–H groups in total. The fourth-order valence-corrected chi connectivity index (χ4v) is 2.86. The molecule has 3 aromatic carbocycles. The van der Waals surface area contributed by atoms with Crippen molar-refractivity contribution >= 4 is 12.1 Å². The zero-order valence-electron chi connectivity index (χ0n) is 17.7. The minimum atomic E-state index is -0.245. The van der Waals surface area contributed by atoms with Gasteiger partial charge in [-0.3, -0.25) is 4.79 Å². The maximum atomic E-state index is 12.0. The van der Waals surface area contributed by atoms with Crippen molar-refractivity contribution < 1.29 is 19.4 Å². The Labute approximate surface area is 182 Å². The largest absolute Gasteiger partial charge is 0.508 e. The predicted octanol–water partition coefficient (Wildman–Crippen LogP) is 4.37. The highest BCUT2D eigenvalue weighted by molar-refractivity contribution is 5.84. The number of hydrogen-bond donors (Lipinski definition) is 2. The first-order valence-corrected chi connectivity index (χ1v) is 10.1. The number of phenols is 1. The third-order valence-corrected chi connectivity index (χ3v) is 4.49. The number of ether oxygens (including phenoxy) is 2. The summed E-state index contributed by atoms with van der Waals surface area (Å²) in [5, 5.41) is 13.3. The molecule has 3 rings (SSSR count). The number of amides is 1.